The Morgan fingerprint density at radius 1 is 1.08 bits per heavy atom. The molecule has 0 atom stereocenters. The maximum Gasteiger partial charge on any atom is 0.224 e. The lowest BCUT2D eigenvalue weighted by Crippen LogP contribution is -2.15. The molecular weight excluding hydrogens is 324 g/mol. The van der Waals surface area contributed by atoms with Gasteiger partial charge in [0, 0.05) is 18.7 Å². The van der Waals surface area contributed by atoms with Crippen LogP contribution < -0.4 is 10.1 Å². The Hall–Kier alpha value is -2.33. The summed E-state index contributed by atoms with van der Waals surface area (Å²) in [5.74, 6) is 0.949. The summed E-state index contributed by atoms with van der Waals surface area (Å²) in [5.41, 5.74) is 3.33. The van der Waals surface area contributed by atoms with Gasteiger partial charge in [-0.25, -0.2) is 0 Å². The van der Waals surface area contributed by atoms with E-state index >= 15 is 0 Å². The number of carbonyl (C=O) groups is 1. The third-order valence-corrected chi connectivity index (χ3v) is 4.14. The number of unbranched alkanes of at least 4 members (excludes halogenated alkanes) is 1. The normalized spacial score (nSPS) is 10.8. The number of likely N-dealkylation sites (N-methyl/N-ethyl adjacent to an activating group) is 1. The van der Waals surface area contributed by atoms with E-state index in [-0.39, 0.29) is 5.91 Å². The van der Waals surface area contributed by atoms with Crippen molar-refractivity contribution in [2.24, 2.45) is 0 Å². The number of hydrogen-bond acceptors (Lipinski definition) is 3. The Labute approximate surface area is 157 Å². The van der Waals surface area contributed by atoms with Crippen LogP contribution in [0.5, 0.6) is 5.75 Å². The van der Waals surface area contributed by atoms with Gasteiger partial charge in [-0.3, -0.25) is 4.79 Å². The number of aryl methyl sites for hydroxylation is 1. The summed E-state index contributed by atoms with van der Waals surface area (Å²) in [7, 11) is 4.14. The van der Waals surface area contributed by atoms with E-state index in [9.17, 15) is 4.79 Å². The first-order valence-electron chi connectivity index (χ1n) is 9.26. The van der Waals surface area contributed by atoms with Gasteiger partial charge in [0.2, 0.25) is 5.91 Å². The number of ether oxygens (including phenoxy) is 1. The second-order valence-electron chi connectivity index (χ2n) is 6.92. The maximum atomic E-state index is 12.0. The largest absolute Gasteiger partial charge is 0.494 e. The number of hydrogen-bond donors (Lipinski definition) is 1. The van der Waals surface area contributed by atoms with Crippen LogP contribution in [0.2, 0.25) is 0 Å². The van der Waals surface area contributed by atoms with Gasteiger partial charge in [-0.05, 0) is 75.7 Å². The zero-order valence-corrected chi connectivity index (χ0v) is 16.1. The van der Waals surface area contributed by atoms with Crippen molar-refractivity contribution in [2.45, 2.75) is 32.6 Å². The maximum absolute atomic E-state index is 12.0. The molecule has 1 N–H and O–H groups in total. The summed E-state index contributed by atoms with van der Waals surface area (Å²) in [6.45, 7) is 3.71. The van der Waals surface area contributed by atoms with Crippen molar-refractivity contribution in [3.63, 3.8) is 0 Å². The van der Waals surface area contributed by atoms with E-state index in [0.717, 1.165) is 37.2 Å². The highest BCUT2D eigenvalue weighted by Crippen LogP contribution is 2.14. The van der Waals surface area contributed by atoms with Crippen LogP contribution in [0, 0.1) is 6.92 Å². The van der Waals surface area contributed by atoms with Crippen molar-refractivity contribution in [3.05, 3.63) is 59.7 Å². The van der Waals surface area contributed by atoms with E-state index in [1.54, 1.807) is 0 Å². The molecule has 0 radical (unpaired) electrons. The molecule has 2 rings (SSSR count). The summed E-state index contributed by atoms with van der Waals surface area (Å²) in [6.07, 6.45) is 3.21. The van der Waals surface area contributed by atoms with Gasteiger partial charge in [-0.1, -0.05) is 24.3 Å². The van der Waals surface area contributed by atoms with Gasteiger partial charge in [0.15, 0.2) is 0 Å². The van der Waals surface area contributed by atoms with Crippen molar-refractivity contribution >= 4 is 11.6 Å². The molecule has 0 aliphatic carbocycles. The Kier molecular flexibility index (Phi) is 8.16. The minimum absolute atomic E-state index is 0.0570. The predicted octanol–water partition coefficient (Wildman–Crippen LogP) is 4.29. The van der Waals surface area contributed by atoms with Crippen LogP contribution in [-0.2, 0) is 11.2 Å². The second kappa shape index (κ2) is 10.6. The highest BCUT2D eigenvalue weighted by Gasteiger charge is 2.03. The first kappa shape index (κ1) is 20.0. The first-order valence-corrected chi connectivity index (χ1v) is 9.26. The molecular formula is C22H30N2O2. The van der Waals surface area contributed by atoms with Crippen LogP contribution in [0.1, 0.15) is 30.4 Å². The molecule has 4 nitrogen and oxygen atoms in total. The van der Waals surface area contributed by atoms with Crippen LogP contribution in [-0.4, -0.2) is 38.1 Å². The average Bonchev–Trinajstić information content (AvgIpc) is 2.61. The zero-order chi connectivity index (χ0) is 18.8. The highest BCUT2D eigenvalue weighted by atomic mass is 16.5. The quantitative estimate of drug-likeness (QED) is 0.647. The van der Waals surface area contributed by atoms with Crippen molar-refractivity contribution in [3.8, 4) is 5.75 Å². The second-order valence-corrected chi connectivity index (χ2v) is 6.92. The van der Waals surface area contributed by atoms with Crippen LogP contribution in [0.25, 0.3) is 0 Å². The Balaban J connectivity index is 1.62. The molecule has 2 aromatic carbocycles. The molecule has 26 heavy (non-hydrogen) atoms. The minimum Gasteiger partial charge on any atom is -0.494 e. The molecule has 0 aliphatic heterocycles. The van der Waals surface area contributed by atoms with E-state index < -0.39 is 0 Å². The number of rotatable bonds is 10. The predicted molar refractivity (Wildman–Crippen MR) is 108 cm³/mol. The molecule has 0 saturated carbocycles. The Morgan fingerprint density at radius 2 is 1.85 bits per heavy atom. The Morgan fingerprint density at radius 3 is 2.54 bits per heavy atom. The van der Waals surface area contributed by atoms with Crippen molar-refractivity contribution in [1.82, 2.24) is 4.90 Å². The van der Waals surface area contributed by atoms with Gasteiger partial charge in [0.05, 0.1) is 6.61 Å². The van der Waals surface area contributed by atoms with E-state index in [1.807, 2.05) is 43.3 Å². The monoisotopic (exact) mass is 354 g/mol. The standard InChI is InChI=1S/C22H30N2O2/c1-18-7-6-8-21(17-18)26-16-5-4-9-22(25)23-20-12-10-19(11-13-20)14-15-24(2)3/h6-8,10-13,17H,4-5,9,14-16H2,1-3H3,(H,23,25). The van der Waals surface area contributed by atoms with Gasteiger partial charge < -0.3 is 15.0 Å². The van der Waals surface area contributed by atoms with Crippen molar-refractivity contribution in [1.29, 1.82) is 0 Å². The van der Waals surface area contributed by atoms with Crippen molar-refractivity contribution < 1.29 is 9.53 Å². The third-order valence-electron chi connectivity index (χ3n) is 4.14. The topological polar surface area (TPSA) is 41.6 Å². The van der Waals surface area contributed by atoms with Crippen molar-refractivity contribution in [2.75, 3.05) is 32.6 Å². The fourth-order valence-electron chi connectivity index (χ4n) is 2.61. The summed E-state index contributed by atoms with van der Waals surface area (Å²) in [4.78, 5) is 14.2. The molecule has 2 aromatic rings. The molecule has 4 heteroatoms. The van der Waals surface area contributed by atoms with E-state index in [0.29, 0.717) is 13.0 Å². The summed E-state index contributed by atoms with van der Waals surface area (Å²) in [6, 6.07) is 16.1. The van der Waals surface area contributed by atoms with Crippen LogP contribution in [0.15, 0.2) is 48.5 Å². The number of benzene rings is 2. The molecule has 0 spiro atoms. The SMILES string of the molecule is Cc1cccc(OCCCCC(=O)Nc2ccc(CCN(C)C)cc2)c1. The smallest absolute Gasteiger partial charge is 0.224 e. The number of anilines is 1. The fourth-order valence-corrected chi connectivity index (χ4v) is 2.61. The van der Waals surface area contributed by atoms with Gasteiger partial charge in [-0.15, -0.1) is 0 Å². The molecule has 0 aliphatic rings. The van der Waals surface area contributed by atoms with E-state index in [4.69, 9.17) is 4.74 Å². The average molecular weight is 354 g/mol. The summed E-state index contributed by atoms with van der Waals surface area (Å²) in [5, 5.41) is 2.96. The lowest BCUT2D eigenvalue weighted by atomic mass is 10.1. The van der Waals surface area contributed by atoms with Gasteiger partial charge in [-0.2, -0.15) is 0 Å². The molecule has 0 aromatic heterocycles. The number of amides is 1. The number of nitrogens with zero attached hydrogens (tertiary/aromatic N) is 1. The van der Waals surface area contributed by atoms with E-state index in [1.165, 1.54) is 11.1 Å². The van der Waals surface area contributed by atoms with Gasteiger partial charge in [0.25, 0.3) is 0 Å². The zero-order valence-electron chi connectivity index (χ0n) is 16.1. The first-order chi connectivity index (χ1) is 12.5. The molecule has 0 bridgehead atoms. The summed E-state index contributed by atoms with van der Waals surface area (Å²) < 4.78 is 5.70. The fraction of sp³-hybridized carbons (Fsp3) is 0.409. The number of nitrogens with one attached hydrogen (secondary N) is 1. The molecule has 0 unspecified atom stereocenters. The lowest BCUT2D eigenvalue weighted by Gasteiger charge is -2.10. The number of carbonyl (C=O) groups excluding carboxylic acids is 1. The summed E-state index contributed by atoms with van der Waals surface area (Å²) >= 11 is 0. The molecule has 0 heterocycles. The highest BCUT2D eigenvalue weighted by molar-refractivity contribution is 5.90. The van der Waals surface area contributed by atoms with Crippen LogP contribution >= 0.6 is 0 Å². The lowest BCUT2D eigenvalue weighted by molar-refractivity contribution is -0.116. The molecule has 140 valence electrons. The Bertz CT molecular complexity index is 681. The third kappa shape index (κ3) is 7.70. The van der Waals surface area contributed by atoms with Gasteiger partial charge in [0.1, 0.15) is 5.75 Å². The molecule has 0 saturated heterocycles. The molecule has 0 fully saturated rings. The molecule has 1 amide bonds. The minimum atomic E-state index is 0.0570. The van der Waals surface area contributed by atoms with Crippen LogP contribution in [0.4, 0.5) is 5.69 Å². The van der Waals surface area contributed by atoms with Crippen LogP contribution in [0.3, 0.4) is 0 Å². The van der Waals surface area contributed by atoms with Gasteiger partial charge >= 0.3 is 0 Å². The van der Waals surface area contributed by atoms with E-state index in [2.05, 4.69) is 36.4 Å².